The van der Waals surface area contributed by atoms with Crippen molar-refractivity contribution < 1.29 is 28.7 Å². The molecule has 2 aliphatic heterocycles. The summed E-state index contributed by atoms with van der Waals surface area (Å²) in [6, 6.07) is 13.5. The van der Waals surface area contributed by atoms with Crippen LogP contribution in [0.25, 0.3) is 0 Å². The molecule has 3 atom stereocenters. The van der Waals surface area contributed by atoms with Crippen LogP contribution in [0, 0.1) is 5.92 Å². The molecule has 4 rings (SSSR count). The molecule has 2 heterocycles. The van der Waals surface area contributed by atoms with Crippen LogP contribution in [0.1, 0.15) is 48.8 Å². The molecule has 41 heavy (non-hydrogen) atoms. The molecule has 0 spiro atoms. The number of hydrogen-bond acceptors (Lipinski definition) is 5. The summed E-state index contributed by atoms with van der Waals surface area (Å²) in [5.41, 5.74) is 3.09. The highest BCUT2D eigenvalue weighted by atomic mass is 16.5. The predicted octanol–water partition coefficient (Wildman–Crippen LogP) is 4.07. The Morgan fingerprint density at radius 1 is 1.12 bits per heavy atom. The van der Waals surface area contributed by atoms with E-state index in [1.54, 1.807) is 7.11 Å². The maximum absolute atomic E-state index is 13.8. The summed E-state index contributed by atoms with van der Waals surface area (Å²) in [7, 11) is 8.15. The van der Waals surface area contributed by atoms with Gasteiger partial charge in [0.25, 0.3) is 0 Å². The Balaban J connectivity index is 1.62. The summed E-state index contributed by atoms with van der Waals surface area (Å²) < 4.78 is 12.2. The lowest BCUT2D eigenvalue weighted by atomic mass is 9.82. The van der Waals surface area contributed by atoms with Crippen LogP contribution >= 0.6 is 0 Å². The Hall–Kier alpha value is -3.10. The van der Waals surface area contributed by atoms with Crippen molar-refractivity contribution >= 4 is 11.9 Å². The summed E-state index contributed by atoms with van der Waals surface area (Å²) >= 11 is 0. The zero-order valence-electron chi connectivity index (χ0n) is 25.5. The van der Waals surface area contributed by atoms with Crippen LogP contribution < -0.4 is 9.47 Å². The van der Waals surface area contributed by atoms with Gasteiger partial charge in [0, 0.05) is 44.4 Å². The largest absolute Gasteiger partial charge is 0.496 e. The van der Waals surface area contributed by atoms with E-state index in [2.05, 4.69) is 39.0 Å². The van der Waals surface area contributed by atoms with Gasteiger partial charge in [-0.05, 0) is 41.7 Å². The summed E-state index contributed by atoms with van der Waals surface area (Å²) in [6.07, 6.45) is 4.24. The number of carboxylic acids is 1. The third-order valence-electron chi connectivity index (χ3n) is 8.53. The van der Waals surface area contributed by atoms with Crippen LogP contribution in [0.2, 0.25) is 0 Å². The molecule has 1 saturated heterocycles. The Kier molecular flexibility index (Phi) is 10.3. The van der Waals surface area contributed by atoms with Gasteiger partial charge in [-0.25, -0.2) is 0 Å². The van der Waals surface area contributed by atoms with Crippen LogP contribution in [0.3, 0.4) is 0 Å². The Bertz CT molecular complexity index is 1190. The number of methoxy groups -OCH3 is 1. The van der Waals surface area contributed by atoms with Crippen LogP contribution in [0.4, 0.5) is 0 Å². The molecule has 224 valence electrons. The highest BCUT2D eigenvalue weighted by Gasteiger charge is 2.47. The number of unbranched alkanes of at least 4 members (excludes halogenated alkanes) is 1. The molecule has 1 N–H and O–H groups in total. The monoisotopic (exact) mass is 566 g/mol. The molecule has 0 aliphatic carbocycles. The van der Waals surface area contributed by atoms with Crippen molar-refractivity contribution in [3.8, 4) is 11.5 Å². The molecular formula is C33H48N3O5+. The quantitative estimate of drug-likeness (QED) is 0.348. The zero-order chi connectivity index (χ0) is 29.6. The number of benzene rings is 2. The SMILES string of the molecule is CCCCN(CCC[N+](C)(C)C)C(=O)CN1C[C@H](c2ccc3c(c2)CCO3)C(C(=O)O)[C@@H]1Cc1ccccc1OC. The highest BCUT2D eigenvalue weighted by Crippen LogP contribution is 2.41. The van der Waals surface area contributed by atoms with Gasteiger partial charge in [-0.1, -0.05) is 43.7 Å². The topological polar surface area (TPSA) is 79.3 Å². The van der Waals surface area contributed by atoms with Crippen LogP contribution in [0.15, 0.2) is 42.5 Å². The van der Waals surface area contributed by atoms with Crippen LogP contribution in [-0.4, -0.2) is 105 Å². The van der Waals surface area contributed by atoms with Crippen LogP contribution in [-0.2, 0) is 22.4 Å². The minimum absolute atomic E-state index is 0.0806. The number of quaternary nitrogens is 1. The number of nitrogens with zero attached hydrogens (tertiary/aromatic N) is 3. The summed E-state index contributed by atoms with van der Waals surface area (Å²) in [5, 5.41) is 10.6. The second-order valence-corrected chi connectivity index (χ2v) is 12.6. The van der Waals surface area contributed by atoms with E-state index in [1.807, 2.05) is 41.3 Å². The Labute approximate surface area is 245 Å². The molecule has 8 nitrogen and oxygen atoms in total. The lowest BCUT2D eigenvalue weighted by molar-refractivity contribution is -0.870. The molecule has 0 aromatic heterocycles. The molecule has 1 amide bonds. The number of hydrogen-bond donors (Lipinski definition) is 1. The van der Waals surface area contributed by atoms with Crippen molar-refractivity contribution in [2.45, 2.75) is 51.0 Å². The lowest BCUT2D eigenvalue weighted by Gasteiger charge is -2.31. The van der Waals surface area contributed by atoms with Crippen molar-refractivity contribution in [3.63, 3.8) is 0 Å². The normalized spacial score (nSPS) is 20.5. The fraction of sp³-hybridized carbons (Fsp3) is 0.576. The summed E-state index contributed by atoms with van der Waals surface area (Å²) in [5.74, 6) is -0.00411. The molecule has 2 aromatic carbocycles. The van der Waals surface area contributed by atoms with Crippen molar-refractivity contribution in [1.82, 2.24) is 9.80 Å². The predicted molar refractivity (Wildman–Crippen MR) is 161 cm³/mol. The third kappa shape index (κ3) is 7.80. The number of carbonyl (C=O) groups excluding carboxylic acids is 1. The van der Waals surface area contributed by atoms with Crippen LogP contribution in [0.5, 0.6) is 11.5 Å². The van der Waals surface area contributed by atoms with E-state index in [4.69, 9.17) is 9.47 Å². The van der Waals surface area contributed by atoms with Crippen molar-refractivity contribution in [2.75, 3.05) is 67.6 Å². The Morgan fingerprint density at radius 3 is 2.59 bits per heavy atom. The molecule has 0 bridgehead atoms. The third-order valence-corrected chi connectivity index (χ3v) is 8.53. The van der Waals surface area contributed by atoms with Gasteiger partial charge in [0.2, 0.25) is 5.91 Å². The standard InChI is InChI=1S/C33H47N3O5/c1-6-7-16-34(17-10-18-36(2,3)4)31(37)23-35-22-27(24-13-14-30-26(20-24)15-19-41-30)32(33(38)39)28(35)21-25-11-8-9-12-29(25)40-5/h8-9,11-14,20,27-28,32H,6-7,10,15-19,21-23H2,1-5H3/p+1/t27-,28+,32?/m1/s1. The maximum atomic E-state index is 13.8. The number of likely N-dealkylation sites (tertiary alicyclic amines) is 1. The number of ether oxygens (including phenoxy) is 2. The number of rotatable bonds is 14. The van der Waals surface area contributed by atoms with Gasteiger partial charge >= 0.3 is 5.97 Å². The molecule has 2 aromatic rings. The number of carbonyl (C=O) groups is 2. The maximum Gasteiger partial charge on any atom is 0.308 e. The second-order valence-electron chi connectivity index (χ2n) is 12.6. The van der Waals surface area contributed by atoms with Gasteiger partial charge in [0.15, 0.2) is 0 Å². The van der Waals surface area contributed by atoms with Gasteiger partial charge < -0.3 is 24.0 Å². The average molecular weight is 567 g/mol. The summed E-state index contributed by atoms with van der Waals surface area (Å²) in [4.78, 5) is 30.9. The van der Waals surface area contributed by atoms with E-state index in [0.717, 1.165) is 78.0 Å². The van der Waals surface area contributed by atoms with Crippen molar-refractivity contribution in [2.24, 2.45) is 5.92 Å². The number of amides is 1. The summed E-state index contributed by atoms with van der Waals surface area (Å²) in [6.45, 7) is 5.96. The molecular weight excluding hydrogens is 518 g/mol. The van der Waals surface area contributed by atoms with Gasteiger partial charge in [0.1, 0.15) is 11.5 Å². The van der Waals surface area contributed by atoms with E-state index in [9.17, 15) is 14.7 Å². The van der Waals surface area contributed by atoms with Crippen molar-refractivity contribution in [1.29, 1.82) is 0 Å². The molecule has 1 unspecified atom stereocenters. The van der Waals surface area contributed by atoms with Gasteiger partial charge in [0.05, 0.1) is 53.9 Å². The van der Waals surface area contributed by atoms with E-state index in [-0.39, 0.29) is 24.4 Å². The van der Waals surface area contributed by atoms with Gasteiger partial charge in [-0.3, -0.25) is 14.5 Å². The van der Waals surface area contributed by atoms with Crippen molar-refractivity contribution in [3.05, 3.63) is 59.2 Å². The fourth-order valence-corrected chi connectivity index (χ4v) is 6.34. The zero-order valence-corrected chi connectivity index (χ0v) is 25.5. The number of aliphatic carboxylic acids is 1. The van der Waals surface area contributed by atoms with E-state index in [0.29, 0.717) is 19.6 Å². The molecule has 2 aliphatic rings. The molecule has 0 radical (unpaired) electrons. The van der Waals surface area contributed by atoms with Gasteiger partial charge in [-0.2, -0.15) is 0 Å². The number of carboxylic acid groups (broad SMARTS) is 1. The minimum atomic E-state index is -0.826. The first-order valence-corrected chi connectivity index (χ1v) is 15.0. The average Bonchev–Trinajstić information content (AvgIpc) is 3.54. The van der Waals surface area contributed by atoms with Gasteiger partial charge in [-0.15, -0.1) is 0 Å². The van der Waals surface area contributed by atoms with E-state index >= 15 is 0 Å². The second kappa shape index (κ2) is 13.7. The molecule has 8 heteroatoms. The van der Waals surface area contributed by atoms with E-state index in [1.165, 1.54) is 0 Å². The minimum Gasteiger partial charge on any atom is -0.496 e. The highest BCUT2D eigenvalue weighted by molar-refractivity contribution is 5.79. The number of para-hydroxylation sites is 1. The molecule has 0 saturated carbocycles. The first-order chi connectivity index (χ1) is 19.6. The first kappa shape index (κ1) is 30.8. The molecule has 1 fully saturated rings. The smallest absolute Gasteiger partial charge is 0.308 e. The van der Waals surface area contributed by atoms with E-state index < -0.39 is 11.9 Å². The first-order valence-electron chi connectivity index (χ1n) is 15.0. The fourth-order valence-electron chi connectivity index (χ4n) is 6.34. The lowest BCUT2D eigenvalue weighted by Crippen LogP contribution is -2.46. The Morgan fingerprint density at radius 2 is 1.88 bits per heavy atom. The number of fused-ring (bicyclic) bond motifs is 1.